The summed E-state index contributed by atoms with van der Waals surface area (Å²) in [5, 5.41) is 2.50. The lowest BCUT2D eigenvalue weighted by Crippen LogP contribution is -2.39. The highest BCUT2D eigenvalue weighted by molar-refractivity contribution is 5.97. The Bertz CT molecular complexity index is 437. The first-order valence-electron chi connectivity index (χ1n) is 5.85. The van der Waals surface area contributed by atoms with Crippen LogP contribution < -0.4 is 11.1 Å². The molecule has 0 aromatic heterocycles. The highest BCUT2D eigenvalue weighted by Gasteiger charge is 2.17. The molecule has 0 heterocycles. The third kappa shape index (κ3) is 3.48. The third-order valence-electron chi connectivity index (χ3n) is 2.63. The third-order valence-corrected chi connectivity index (χ3v) is 2.63. The van der Waals surface area contributed by atoms with Gasteiger partial charge in [-0.1, -0.05) is 0 Å². The Labute approximate surface area is 107 Å². The van der Waals surface area contributed by atoms with Gasteiger partial charge in [-0.15, -0.1) is 0 Å². The summed E-state index contributed by atoms with van der Waals surface area (Å²) in [5.41, 5.74) is 7.70. The molecule has 0 fully saturated rings. The highest BCUT2D eigenvalue weighted by atomic mass is 16.2. The van der Waals surface area contributed by atoms with E-state index in [2.05, 4.69) is 5.32 Å². The quantitative estimate of drug-likeness (QED) is 0.774. The predicted octanol–water partition coefficient (Wildman–Crippen LogP) is 0.785. The molecule has 0 aliphatic carbocycles. The number of amides is 2. The van der Waals surface area contributed by atoms with Crippen molar-refractivity contribution in [1.82, 2.24) is 10.2 Å². The van der Waals surface area contributed by atoms with Gasteiger partial charge in [0, 0.05) is 24.8 Å². The predicted molar refractivity (Wildman–Crippen MR) is 71.2 cm³/mol. The summed E-state index contributed by atoms with van der Waals surface area (Å²) >= 11 is 0. The molecule has 1 aromatic carbocycles. The Morgan fingerprint density at radius 3 is 2.50 bits per heavy atom. The van der Waals surface area contributed by atoms with E-state index in [-0.39, 0.29) is 18.4 Å². The molecule has 0 aliphatic heterocycles. The molecule has 0 saturated heterocycles. The largest absolute Gasteiger partial charge is 0.399 e. The minimum absolute atomic E-state index is 0.0552. The molecule has 0 bridgehead atoms. The Kier molecular flexibility index (Phi) is 4.71. The van der Waals surface area contributed by atoms with Crippen molar-refractivity contribution < 1.29 is 9.59 Å². The zero-order valence-corrected chi connectivity index (χ0v) is 11.0. The van der Waals surface area contributed by atoms with Gasteiger partial charge in [0.1, 0.15) is 0 Å². The maximum Gasteiger partial charge on any atom is 0.254 e. The number of hydrogen-bond donors (Lipinski definition) is 2. The number of anilines is 1. The van der Waals surface area contributed by atoms with E-state index in [1.807, 2.05) is 13.8 Å². The van der Waals surface area contributed by atoms with Crippen LogP contribution in [-0.2, 0) is 4.79 Å². The zero-order valence-electron chi connectivity index (χ0n) is 11.0. The van der Waals surface area contributed by atoms with Crippen LogP contribution in [0.5, 0.6) is 0 Å². The number of carbonyl (C=O) groups is 2. The standard InChI is InChI=1S/C13H19N3O2/c1-4-16(8-12(17)15-3)13(18)10-5-9(2)6-11(14)7-10/h5-7H,4,8,14H2,1-3H3,(H,15,17). The second kappa shape index (κ2) is 6.05. The van der Waals surface area contributed by atoms with Gasteiger partial charge < -0.3 is 16.0 Å². The van der Waals surface area contributed by atoms with Gasteiger partial charge in [0.05, 0.1) is 6.54 Å². The Morgan fingerprint density at radius 2 is 2.00 bits per heavy atom. The van der Waals surface area contributed by atoms with Crippen LogP contribution >= 0.6 is 0 Å². The van der Waals surface area contributed by atoms with Crippen LogP contribution in [-0.4, -0.2) is 36.9 Å². The summed E-state index contributed by atoms with van der Waals surface area (Å²) < 4.78 is 0. The van der Waals surface area contributed by atoms with E-state index in [1.165, 1.54) is 4.90 Å². The molecule has 2 amide bonds. The molecule has 0 aliphatic rings. The summed E-state index contributed by atoms with van der Waals surface area (Å²) in [6.45, 7) is 4.24. The minimum Gasteiger partial charge on any atom is -0.399 e. The number of benzene rings is 1. The van der Waals surface area contributed by atoms with Crippen LogP contribution in [0.4, 0.5) is 5.69 Å². The van der Waals surface area contributed by atoms with Crippen LogP contribution in [0.1, 0.15) is 22.8 Å². The van der Waals surface area contributed by atoms with Crippen LogP contribution in [0.3, 0.4) is 0 Å². The van der Waals surface area contributed by atoms with Gasteiger partial charge in [0.15, 0.2) is 0 Å². The first-order valence-corrected chi connectivity index (χ1v) is 5.85. The van der Waals surface area contributed by atoms with Gasteiger partial charge in [-0.2, -0.15) is 0 Å². The van der Waals surface area contributed by atoms with Crippen molar-refractivity contribution in [3.8, 4) is 0 Å². The summed E-state index contributed by atoms with van der Waals surface area (Å²) in [6, 6.07) is 5.19. The van der Waals surface area contributed by atoms with Crippen molar-refractivity contribution in [3.63, 3.8) is 0 Å². The highest BCUT2D eigenvalue weighted by Crippen LogP contribution is 2.13. The van der Waals surface area contributed by atoms with Crippen LogP contribution in [0.25, 0.3) is 0 Å². The second-order valence-electron chi connectivity index (χ2n) is 4.12. The first kappa shape index (κ1) is 14.0. The molecule has 98 valence electrons. The van der Waals surface area contributed by atoms with Crippen LogP contribution in [0.2, 0.25) is 0 Å². The van der Waals surface area contributed by atoms with Gasteiger partial charge in [-0.3, -0.25) is 9.59 Å². The molecule has 3 N–H and O–H groups in total. The Morgan fingerprint density at radius 1 is 1.33 bits per heavy atom. The SMILES string of the molecule is CCN(CC(=O)NC)C(=O)c1cc(C)cc(N)c1. The molecule has 0 unspecified atom stereocenters. The van der Waals surface area contributed by atoms with E-state index in [1.54, 1.807) is 25.2 Å². The zero-order chi connectivity index (χ0) is 13.7. The molecule has 0 spiro atoms. The molecule has 18 heavy (non-hydrogen) atoms. The van der Waals surface area contributed by atoms with Crippen molar-refractivity contribution in [2.75, 3.05) is 25.9 Å². The number of nitrogens with one attached hydrogen (secondary N) is 1. The Hall–Kier alpha value is -2.04. The van der Waals surface area contributed by atoms with Gasteiger partial charge in [-0.25, -0.2) is 0 Å². The number of rotatable bonds is 4. The van der Waals surface area contributed by atoms with Crippen molar-refractivity contribution in [2.45, 2.75) is 13.8 Å². The number of likely N-dealkylation sites (N-methyl/N-ethyl adjacent to an activating group) is 2. The number of nitrogen functional groups attached to an aromatic ring is 1. The van der Waals surface area contributed by atoms with Gasteiger partial charge in [0.2, 0.25) is 5.91 Å². The number of aryl methyl sites for hydroxylation is 1. The Balaban J connectivity index is 2.92. The summed E-state index contributed by atoms with van der Waals surface area (Å²) in [6.07, 6.45) is 0. The average Bonchev–Trinajstić information content (AvgIpc) is 2.33. The van der Waals surface area contributed by atoms with E-state index in [4.69, 9.17) is 5.73 Å². The lowest BCUT2D eigenvalue weighted by atomic mass is 10.1. The molecular formula is C13H19N3O2. The minimum atomic E-state index is -0.189. The summed E-state index contributed by atoms with van der Waals surface area (Å²) in [5.74, 6) is -0.373. The van der Waals surface area contributed by atoms with E-state index in [0.717, 1.165) is 5.56 Å². The number of nitrogens with two attached hydrogens (primary N) is 1. The van der Waals surface area contributed by atoms with Crippen molar-refractivity contribution >= 4 is 17.5 Å². The molecule has 0 radical (unpaired) electrons. The van der Waals surface area contributed by atoms with Crippen molar-refractivity contribution in [1.29, 1.82) is 0 Å². The second-order valence-corrected chi connectivity index (χ2v) is 4.12. The average molecular weight is 249 g/mol. The fraction of sp³-hybridized carbons (Fsp3) is 0.385. The van der Waals surface area contributed by atoms with Crippen LogP contribution in [0, 0.1) is 6.92 Å². The van der Waals surface area contributed by atoms with E-state index in [9.17, 15) is 9.59 Å². The molecule has 0 atom stereocenters. The fourth-order valence-corrected chi connectivity index (χ4v) is 1.70. The maximum absolute atomic E-state index is 12.2. The van der Waals surface area contributed by atoms with Gasteiger partial charge >= 0.3 is 0 Å². The molecular weight excluding hydrogens is 230 g/mol. The van der Waals surface area contributed by atoms with Crippen LogP contribution in [0.15, 0.2) is 18.2 Å². The van der Waals surface area contributed by atoms with Crippen molar-refractivity contribution in [3.05, 3.63) is 29.3 Å². The number of carbonyl (C=O) groups excluding carboxylic acids is 2. The smallest absolute Gasteiger partial charge is 0.254 e. The molecule has 1 rings (SSSR count). The summed E-state index contributed by atoms with van der Waals surface area (Å²) in [4.78, 5) is 25.0. The normalized spacial score (nSPS) is 9.94. The molecule has 5 heteroatoms. The number of hydrogen-bond acceptors (Lipinski definition) is 3. The van der Waals surface area contributed by atoms with E-state index in [0.29, 0.717) is 17.8 Å². The van der Waals surface area contributed by atoms with Gasteiger partial charge in [-0.05, 0) is 37.6 Å². The topological polar surface area (TPSA) is 75.4 Å². The maximum atomic E-state index is 12.2. The molecule has 5 nitrogen and oxygen atoms in total. The number of nitrogens with zero attached hydrogens (tertiary/aromatic N) is 1. The lowest BCUT2D eigenvalue weighted by Gasteiger charge is -2.20. The fourth-order valence-electron chi connectivity index (χ4n) is 1.70. The molecule has 1 aromatic rings. The van der Waals surface area contributed by atoms with E-state index < -0.39 is 0 Å². The monoisotopic (exact) mass is 249 g/mol. The first-order chi connectivity index (χ1) is 8.47. The lowest BCUT2D eigenvalue weighted by molar-refractivity contribution is -0.121. The summed E-state index contributed by atoms with van der Waals surface area (Å²) in [7, 11) is 1.55. The van der Waals surface area contributed by atoms with Crippen molar-refractivity contribution in [2.24, 2.45) is 0 Å². The molecule has 0 saturated carbocycles. The van der Waals surface area contributed by atoms with E-state index >= 15 is 0 Å². The van der Waals surface area contributed by atoms with Gasteiger partial charge in [0.25, 0.3) is 5.91 Å².